The van der Waals surface area contributed by atoms with Crippen LogP contribution in [-0.2, 0) is 79.5 Å². The van der Waals surface area contributed by atoms with E-state index in [1.54, 1.807) is 6.07 Å². The van der Waals surface area contributed by atoms with Crippen molar-refractivity contribution in [3.05, 3.63) is 208 Å². The summed E-state index contributed by atoms with van der Waals surface area (Å²) in [4.78, 5) is 0. The largest absolute Gasteiger partial charge is 0.534 e. The quantitative estimate of drug-likeness (QED) is 0.0624. The van der Waals surface area contributed by atoms with E-state index in [0.717, 1.165) is 46.2 Å². The van der Waals surface area contributed by atoms with Gasteiger partial charge in [-0.15, -0.1) is 0 Å². The lowest BCUT2D eigenvalue weighted by molar-refractivity contribution is -0.275. The standard InChI is InChI=1S/C50H47F3O8S/c51-50(52,53)62(54,55)61-44-26-25-42(29-43(44)28-39-21-22-40-23-24-41(40)27-39)46-48(58-32-37-17-9-3-10-18-37)49(59-33-38-19-11-4-12-20-38)47(57-31-36-15-7-2-8-16-36)45(60-46)34-56-30-35-13-5-1-6-14-35/h1-22,25-27,29,45-49H,23-24,28,30-34H2/t45-,46+,47-,48+,49+/m1/s1. The number of rotatable bonds is 18. The minimum atomic E-state index is -5.99. The fourth-order valence-corrected chi connectivity index (χ4v) is 8.29. The highest BCUT2D eigenvalue weighted by Crippen LogP contribution is 2.41. The molecule has 0 amide bonds. The van der Waals surface area contributed by atoms with E-state index in [2.05, 4.69) is 0 Å². The summed E-state index contributed by atoms with van der Waals surface area (Å²) >= 11 is 0. The van der Waals surface area contributed by atoms with Gasteiger partial charge in [-0.2, -0.15) is 21.6 Å². The number of ether oxygens (including phenoxy) is 5. The maximum atomic E-state index is 13.7. The Hall–Kier alpha value is -5.34. The van der Waals surface area contributed by atoms with Crippen LogP contribution < -0.4 is 4.18 Å². The lowest BCUT2D eigenvalue weighted by atomic mass is 9.85. The van der Waals surface area contributed by atoms with E-state index in [0.29, 0.717) is 12.2 Å². The molecule has 6 aromatic carbocycles. The highest BCUT2D eigenvalue weighted by molar-refractivity contribution is 7.88. The Balaban J connectivity index is 1.21. The Morgan fingerprint density at radius 2 is 1.06 bits per heavy atom. The monoisotopic (exact) mass is 864 g/mol. The Labute approximate surface area is 360 Å². The van der Waals surface area contributed by atoms with Crippen LogP contribution in [0.4, 0.5) is 13.2 Å². The van der Waals surface area contributed by atoms with Crippen LogP contribution >= 0.6 is 0 Å². The Morgan fingerprint density at radius 1 is 0.548 bits per heavy atom. The van der Waals surface area contributed by atoms with Gasteiger partial charge in [0.05, 0.1) is 33.0 Å². The molecule has 5 atom stereocenters. The van der Waals surface area contributed by atoms with Crippen molar-refractivity contribution >= 4 is 10.1 Å². The second kappa shape index (κ2) is 19.8. The first-order valence-corrected chi connectivity index (χ1v) is 22.0. The van der Waals surface area contributed by atoms with Gasteiger partial charge in [0.25, 0.3) is 0 Å². The first-order valence-electron chi connectivity index (χ1n) is 20.6. The number of fused-ring (bicyclic) bond motifs is 1. The molecule has 0 spiro atoms. The molecule has 1 aliphatic heterocycles. The molecule has 0 radical (unpaired) electrons. The number of hydrogen-bond acceptors (Lipinski definition) is 8. The molecule has 1 aliphatic carbocycles. The third-order valence-corrected chi connectivity index (χ3v) is 12.1. The van der Waals surface area contributed by atoms with E-state index in [1.807, 2.05) is 140 Å². The van der Waals surface area contributed by atoms with Gasteiger partial charge in [0.1, 0.15) is 36.3 Å². The van der Waals surface area contributed by atoms with Crippen molar-refractivity contribution in [3.63, 3.8) is 0 Å². The molecule has 1 heterocycles. The molecule has 8 nitrogen and oxygen atoms in total. The Bertz CT molecular complexity index is 2470. The third kappa shape index (κ3) is 10.8. The van der Waals surface area contributed by atoms with Gasteiger partial charge in [0.2, 0.25) is 0 Å². The summed E-state index contributed by atoms with van der Waals surface area (Å²) < 4.78 is 105. The summed E-state index contributed by atoms with van der Waals surface area (Å²) in [6, 6.07) is 49.2. The van der Waals surface area contributed by atoms with E-state index in [9.17, 15) is 21.6 Å². The maximum Gasteiger partial charge on any atom is 0.534 e. The predicted octanol–water partition coefficient (Wildman–Crippen LogP) is 10.0. The van der Waals surface area contributed by atoms with Crippen LogP contribution in [0, 0.1) is 0 Å². The van der Waals surface area contributed by atoms with Gasteiger partial charge in [-0.05, 0) is 69.5 Å². The molecule has 322 valence electrons. The van der Waals surface area contributed by atoms with Crippen LogP contribution in [0.25, 0.3) is 0 Å². The summed E-state index contributed by atoms with van der Waals surface area (Å²) in [6.07, 6.45) is -2.05. The van der Waals surface area contributed by atoms with Gasteiger partial charge in [-0.1, -0.05) is 146 Å². The normalized spacial score (nSPS) is 20.0. The van der Waals surface area contributed by atoms with Gasteiger partial charge >= 0.3 is 15.6 Å². The van der Waals surface area contributed by atoms with E-state index >= 15 is 0 Å². The molecule has 0 aromatic heterocycles. The van der Waals surface area contributed by atoms with Crippen molar-refractivity contribution in [2.45, 2.75) is 81.7 Å². The molecule has 2 aliphatic rings. The molecule has 6 aromatic rings. The zero-order chi connectivity index (χ0) is 42.9. The van der Waals surface area contributed by atoms with Crippen LogP contribution in [0.15, 0.2) is 158 Å². The average Bonchev–Trinajstić information content (AvgIpc) is 3.27. The van der Waals surface area contributed by atoms with E-state index in [4.69, 9.17) is 27.9 Å². The molecular formula is C50H47F3O8S. The molecule has 0 bridgehead atoms. The number of hydrogen-bond donors (Lipinski definition) is 0. The maximum absolute atomic E-state index is 13.7. The zero-order valence-electron chi connectivity index (χ0n) is 33.9. The predicted molar refractivity (Wildman–Crippen MR) is 227 cm³/mol. The molecule has 0 N–H and O–H groups in total. The highest BCUT2D eigenvalue weighted by atomic mass is 32.2. The number of alkyl halides is 3. The number of halogens is 3. The van der Waals surface area contributed by atoms with Gasteiger partial charge < -0.3 is 27.9 Å². The Kier molecular flexibility index (Phi) is 13.8. The molecular weight excluding hydrogens is 818 g/mol. The van der Waals surface area contributed by atoms with Crippen molar-refractivity contribution < 1.29 is 49.5 Å². The van der Waals surface area contributed by atoms with Crippen molar-refractivity contribution in [1.29, 1.82) is 0 Å². The lowest BCUT2D eigenvalue weighted by Crippen LogP contribution is -2.58. The fraction of sp³-hybridized carbons (Fsp3) is 0.280. The van der Waals surface area contributed by atoms with Crippen LogP contribution in [0.5, 0.6) is 5.75 Å². The SMILES string of the molecule is O=S(=O)(Oc1ccc([C@@H]2O[C@H](COCc3ccccc3)[C@@H](OCc3ccccc3)[C@H](OCc3ccccc3)[C@H]2OCc2ccccc2)cc1Cc1ccc2c(c1)CC2)C(F)(F)F. The molecule has 1 fully saturated rings. The van der Waals surface area contributed by atoms with E-state index < -0.39 is 51.9 Å². The average molecular weight is 865 g/mol. The van der Waals surface area contributed by atoms with Gasteiger partial charge in [-0.3, -0.25) is 0 Å². The zero-order valence-corrected chi connectivity index (χ0v) is 34.7. The van der Waals surface area contributed by atoms with Crippen LogP contribution in [0.3, 0.4) is 0 Å². The smallest absolute Gasteiger partial charge is 0.376 e. The van der Waals surface area contributed by atoms with E-state index in [-0.39, 0.29) is 38.4 Å². The van der Waals surface area contributed by atoms with Crippen molar-refractivity contribution in [1.82, 2.24) is 0 Å². The summed E-state index contributed by atoms with van der Waals surface area (Å²) in [7, 11) is -5.99. The van der Waals surface area contributed by atoms with Gasteiger partial charge in [0.15, 0.2) is 0 Å². The van der Waals surface area contributed by atoms with Gasteiger partial charge in [0, 0.05) is 12.0 Å². The molecule has 0 saturated carbocycles. The van der Waals surface area contributed by atoms with Crippen molar-refractivity contribution in [3.8, 4) is 5.75 Å². The minimum absolute atomic E-state index is 0.0897. The third-order valence-electron chi connectivity index (χ3n) is 11.1. The summed E-state index contributed by atoms with van der Waals surface area (Å²) in [5, 5.41) is 0. The minimum Gasteiger partial charge on any atom is -0.376 e. The van der Waals surface area contributed by atoms with Crippen LogP contribution in [0.1, 0.15) is 56.2 Å². The number of aryl methyl sites for hydroxylation is 2. The summed E-state index contributed by atoms with van der Waals surface area (Å²) in [6.45, 7) is 0.997. The molecule has 62 heavy (non-hydrogen) atoms. The first kappa shape index (κ1) is 43.3. The van der Waals surface area contributed by atoms with Crippen molar-refractivity contribution in [2.75, 3.05) is 6.61 Å². The summed E-state index contributed by atoms with van der Waals surface area (Å²) in [5.74, 6) is -0.435. The van der Waals surface area contributed by atoms with Gasteiger partial charge in [-0.25, -0.2) is 0 Å². The number of benzene rings is 6. The lowest BCUT2D eigenvalue weighted by Gasteiger charge is -2.46. The fourth-order valence-electron chi connectivity index (χ4n) is 7.80. The van der Waals surface area contributed by atoms with Crippen LogP contribution in [-0.4, -0.2) is 44.9 Å². The van der Waals surface area contributed by atoms with E-state index in [1.165, 1.54) is 17.7 Å². The molecule has 12 heteroatoms. The molecule has 1 saturated heterocycles. The van der Waals surface area contributed by atoms with Crippen molar-refractivity contribution in [2.24, 2.45) is 0 Å². The first-order chi connectivity index (χ1) is 30.1. The Morgan fingerprint density at radius 3 is 1.58 bits per heavy atom. The molecule has 8 rings (SSSR count). The highest BCUT2D eigenvalue weighted by Gasteiger charge is 2.50. The second-order valence-electron chi connectivity index (χ2n) is 15.5. The molecule has 0 unspecified atom stereocenters. The second-order valence-corrected chi connectivity index (χ2v) is 17.0. The summed E-state index contributed by atoms with van der Waals surface area (Å²) in [5.41, 5.74) is 1.97. The van der Waals surface area contributed by atoms with Crippen LogP contribution in [0.2, 0.25) is 0 Å². The topological polar surface area (TPSA) is 89.5 Å².